The molecule has 0 fully saturated rings. The Labute approximate surface area is 131 Å². The number of halogens is 2. The highest BCUT2D eigenvalue weighted by atomic mass is 79.9. The quantitative estimate of drug-likeness (QED) is 0.898. The molecule has 0 saturated heterocycles. The van der Waals surface area contributed by atoms with Crippen LogP contribution in [0.25, 0.3) is 0 Å². The molecule has 0 spiro atoms. The van der Waals surface area contributed by atoms with Crippen LogP contribution in [0.1, 0.15) is 17.2 Å². The molecule has 0 aromatic heterocycles. The Morgan fingerprint density at radius 1 is 1.29 bits per heavy atom. The highest BCUT2D eigenvalue weighted by molar-refractivity contribution is 9.10. The third-order valence-corrected chi connectivity index (χ3v) is 4.17. The lowest BCUT2D eigenvalue weighted by Crippen LogP contribution is -2.36. The van der Waals surface area contributed by atoms with Crippen molar-refractivity contribution >= 4 is 27.6 Å². The van der Waals surface area contributed by atoms with Crippen molar-refractivity contribution in [3.63, 3.8) is 0 Å². The lowest BCUT2D eigenvalue weighted by atomic mass is 10.0. The molecule has 1 heterocycles. The molecule has 21 heavy (non-hydrogen) atoms. The van der Waals surface area contributed by atoms with E-state index >= 15 is 0 Å². The summed E-state index contributed by atoms with van der Waals surface area (Å²) in [6, 6.07) is 12.8. The van der Waals surface area contributed by atoms with Gasteiger partial charge in [0, 0.05) is 15.7 Å². The monoisotopic (exact) mass is 347 g/mol. The van der Waals surface area contributed by atoms with E-state index in [1.807, 2.05) is 42.2 Å². The van der Waals surface area contributed by atoms with E-state index in [0.717, 1.165) is 15.7 Å². The summed E-state index contributed by atoms with van der Waals surface area (Å²) in [4.78, 5) is 6.20. The van der Waals surface area contributed by atoms with Crippen molar-refractivity contribution in [1.29, 1.82) is 0 Å². The number of hydrogen-bond acceptors (Lipinski definition) is 3. The first-order valence-corrected chi connectivity index (χ1v) is 7.47. The second kappa shape index (κ2) is 5.48. The summed E-state index contributed by atoms with van der Waals surface area (Å²) in [6.45, 7) is 2.47. The smallest absolute Gasteiger partial charge is 0.196 e. The van der Waals surface area contributed by atoms with E-state index in [2.05, 4.69) is 20.9 Å². The number of aliphatic imine (C=N–C) groups is 1. The standard InChI is InChI=1S/C16H15BrFN3/c1-10-4-2-3-5-14(10)21-15(9-20-16(21)19)12-7-6-11(17)8-13(12)18/h2-8,15H,9H2,1H3,(H2,19,20). The zero-order chi connectivity index (χ0) is 15.0. The van der Waals surface area contributed by atoms with E-state index in [0.29, 0.717) is 18.1 Å². The molecule has 0 radical (unpaired) electrons. The van der Waals surface area contributed by atoms with Gasteiger partial charge >= 0.3 is 0 Å². The fourth-order valence-electron chi connectivity index (χ4n) is 2.63. The van der Waals surface area contributed by atoms with E-state index in [1.54, 1.807) is 6.07 Å². The fraction of sp³-hybridized carbons (Fsp3) is 0.188. The predicted octanol–water partition coefficient (Wildman–Crippen LogP) is 3.77. The van der Waals surface area contributed by atoms with Crippen molar-refractivity contribution in [2.75, 3.05) is 11.4 Å². The topological polar surface area (TPSA) is 41.6 Å². The number of aryl methyl sites for hydroxylation is 1. The summed E-state index contributed by atoms with van der Waals surface area (Å²) >= 11 is 3.28. The number of nitrogens with two attached hydrogens (primary N) is 1. The summed E-state index contributed by atoms with van der Waals surface area (Å²) in [6.07, 6.45) is 0. The summed E-state index contributed by atoms with van der Waals surface area (Å²) in [5.41, 5.74) is 8.68. The molecule has 1 atom stereocenters. The molecule has 5 heteroatoms. The maximum Gasteiger partial charge on any atom is 0.196 e. The SMILES string of the molecule is Cc1ccccc1N1C(N)=NCC1c1ccc(Br)cc1F. The number of guanidine groups is 1. The van der Waals surface area contributed by atoms with Crippen molar-refractivity contribution in [2.45, 2.75) is 13.0 Å². The molecule has 0 saturated carbocycles. The molecule has 1 unspecified atom stereocenters. The highest BCUT2D eigenvalue weighted by Gasteiger charge is 2.31. The van der Waals surface area contributed by atoms with Crippen molar-refractivity contribution < 1.29 is 4.39 Å². The van der Waals surface area contributed by atoms with Gasteiger partial charge in [-0.15, -0.1) is 0 Å². The zero-order valence-electron chi connectivity index (χ0n) is 11.6. The average molecular weight is 348 g/mol. The van der Waals surface area contributed by atoms with Gasteiger partial charge in [-0.1, -0.05) is 40.2 Å². The molecule has 0 bridgehead atoms. The third kappa shape index (κ3) is 2.53. The van der Waals surface area contributed by atoms with E-state index in [-0.39, 0.29) is 11.9 Å². The van der Waals surface area contributed by atoms with Crippen LogP contribution < -0.4 is 10.6 Å². The van der Waals surface area contributed by atoms with Crippen LogP contribution in [-0.4, -0.2) is 12.5 Å². The van der Waals surface area contributed by atoms with E-state index in [1.165, 1.54) is 6.07 Å². The van der Waals surface area contributed by atoms with Crippen molar-refractivity contribution in [3.05, 3.63) is 63.9 Å². The van der Waals surface area contributed by atoms with Crippen LogP contribution in [0.4, 0.5) is 10.1 Å². The van der Waals surface area contributed by atoms with Gasteiger partial charge in [0.25, 0.3) is 0 Å². The minimum atomic E-state index is -0.252. The Kier molecular flexibility index (Phi) is 3.68. The second-order valence-corrected chi connectivity index (χ2v) is 5.95. The lowest BCUT2D eigenvalue weighted by molar-refractivity contribution is 0.588. The minimum Gasteiger partial charge on any atom is -0.369 e. The predicted molar refractivity (Wildman–Crippen MR) is 87.0 cm³/mol. The van der Waals surface area contributed by atoms with Crippen LogP contribution in [0, 0.1) is 12.7 Å². The van der Waals surface area contributed by atoms with Crippen molar-refractivity contribution in [2.24, 2.45) is 10.7 Å². The first-order valence-electron chi connectivity index (χ1n) is 6.67. The van der Waals surface area contributed by atoms with Gasteiger partial charge in [0.15, 0.2) is 5.96 Å². The average Bonchev–Trinajstić information content (AvgIpc) is 2.81. The lowest BCUT2D eigenvalue weighted by Gasteiger charge is -2.28. The van der Waals surface area contributed by atoms with Gasteiger partial charge < -0.3 is 10.6 Å². The minimum absolute atomic E-state index is 0.209. The molecule has 1 aliphatic rings. The number of nitrogens with zero attached hydrogens (tertiary/aromatic N) is 2. The molecular formula is C16H15BrFN3. The van der Waals surface area contributed by atoms with Gasteiger partial charge in [-0.2, -0.15) is 0 Å². The number of anilines is 1. The van der Waals surface area contributed by atoms with Crippen LogP contribution in [0.2, 0.25) is 0 Å². The maximum atomic E-state index is 14.3. The molecule has 2 aromatic carbocycles. The van der Waals surface area contributed by atoms with Crippen LogP contribution in [0.5, 0.6) is 0 Å². The van der Waals surface area contributed by atoms with Crippen LogP contribution >= 0.6 is 15.9 Å². The van der Waals surface area contributed by atoms with Crippen molar-refractivity contribution in [3.8, 4) is 0 Å². The molecule has 0 amide bonds. The van der Waals surface area contributed by atoms with Crippen molar-refractivity contribution in [1.82, 2.24) is 0 Å². The molecule has 0 aliphatic carbocycles. The summed E-state index contributed by atoms with van der Waals surface area (Å²) in [5, 5.41) is 0. The van der Waals surface area contributed by atoms with Crippen LogP contribution in [-0.2, 0) is 0 Å². The molecular weight excluding hydrogens is 333 g/mol. The second-order valence-electron chi connectivity index (χ2n) is 5.04. The number of para-hydroxylation sites is 1. The van der Waals surface area contributed by atoms with Gasteiger partial charge in [-0.3, -0.25) is 4.99 Å². The van der Waals surface area contributed by atoms with E-state index in [4.69, 9.17) is 5.73 Å². The van der Waals surface area contributed by atoms with Gasteiger partial charge in [0.2, 0.25) is 0 Å². The van der Waals surface area contributed by atoms with Gasteiger partial charge in [-0.25, -0.2) is 4.39 Å². The Bertz CT molecular complexity index is 714. The largest absolute Gasteiger partial charge is 0.369 e. The van der Waals surface area contributed by atoms with Crippen LogP contribution in [0.3, 0.4) is 0 Å². The summed E-state index contributed by atoms with van der Waals surface area (Å²) in [7, 11) is 0. The van der Waals surface area contributed by atoms with Crippen LogP contribution in [0.15, 0.2) is 51.9 Å². The highest BCUT2D eigenvalue weighted by Crippen LogP contribution is 2.34. The molecule has 2 N–H and O–H groups in total. The fourth-order valence-corrected chi connectivity index (χ4v) is 2.96. The molecule has 3 rings (SSSR count). The molecule has 3 nitrogen and oxygen atoms in total. The zero-order valence-corrected chi connectivity index (χ0v) is 13.1. The van der Waals surface area contributed by atoms with E-state index < -0.39 is 0 Å². The first-order chi connectivity index (χ1) is 10.1. The van der Waals surface area contributed by atoms with Gasteiger partial charge in [-0.05, 0) is 30.7 Å². The van der Waals surface area contributed by atoms with E-state index in [9.17, 15) is 4.39 Å². The van der Waals surface area contributed by atoms with Gasteiger partial charge in [0.05, 0.1) is 12.6 Å². The van der Waals surface area contributed by atoms with Gasteiger partial charge in [0.1, 0.15) is 5.82 Å². The molecule has 108 valence electrons. The Morgan fingerprint density at radius 3 is 2.76 bits per heavy atom. The number of benzene rings is 2. The number of hydrogen-bond donors (Lipinski definition) is 1. The molecule has 1 aliphatic heterocycles. The number of rotatable bonds is 2. The normalized spacial score (nSPS) is 18.0. The third-order valence-electron chi connectivity index (χ3n) is 3.68. The Balaban J connectivity index is 2.05. The summed E-state index contributed by atoms with van der Waals surface area (Å²) in [5.74, 6) is 0.175. The molecule has 2 aromatic rings. The Hall–Kier alpha value is -1.88. The first kappa shape index (κ1) is 14.1. The Morgan fingerprint density at radius 2 is 2.05 bits per heavy atom. The maximum absolute atomic E-state index is 14.3. The summed E-state index contributed by atoms with van der Waals surface area (Å²) < 4.78 is 15.0.